The molecule has 3 aliphatic rings. The molecular formula is C23H32F2N2O2. The lowest BCUT2D eigenvalue weighted by Gasteiger charge is -2.45. The molecule has 0 bridgehead atoms. The number of alkyl halides is 2. The zero-order valence-corrected chi connectivity index (χ0v) is 17.2. The normalized spacial score (nSPS) is 30.4. The second-order valence-corrected chi connectivity index (χ2v) is 9.25. The van der Waals surface area contributed by atoms with E-state index in [1.54, 1.807) is 35.2 Å². The molecule has 1 amide bonds. The van der Waals surface area contributed by atoms with E-state index in [0.717, 1.165) is 32.2 Å². The molecule has 160 valence electrons. The first-order valence-corrected chi connectivity index (χ1v) is 11.0. The number of carbonyl (C=O) groups is 1. The molecule has 2 aliphatic heterocycles. The minimum atomic E-state index is -2.82. The quantitative estimate of drug-likeness (QED) is 0.802. The third-order valence-electron chi connectivity index (χ3n) is 7.74. The number of likely N-dealkylation sites (tertiary alicyclic amines) is 1. The minimum Gasteiger partial charge on any atom is -0.375 e. The van der Waals surface area contributed by atoms with Gasteiger partial charge in [-0.25, -0.2) is 8.78 Å². The van der Waals surface area contributed by atoms with Gasteiger partial charge < -0.3 is 15.3 Å². The average Bonchev–Trinajstić information content (AvgIpc) is 3.30. The SMILES string of the molecule is CCC1NCCC12CCN(C(=O)C(O)(c1ccccc1)C1CCC(F)(F)C1)CC2. The van der Waals surface area contributed by atoms with Crippen molar-refractivity contribution < 1.29 is 18.7 Å². The number of benzene rings is 1. The van der Waals surface area contributed by atoms with Crippen molar-refractivity contribution in [3.63, 3.8) is 0 Å². The fraction of sp³-hybridized carbons (Fsp3) is 0.696. The summed E-state index contributed by atoms with van der Waals surface area (Å²) >= 11 is 0. The Balaban J connectivity index is 1.57. The van der Waals surface area contributed by atoms with Crippen molar-refractivity contribution in [2.45, 2.75) is 69.4 Å². The molecular weight excluding hydrogens is 374 g/mol. The van der Waals surface area contributed by atoms with Crippen LogP contribution in [0.4, 0.5) is 8.78 Å². The number of aliphatic hydroxyl groups is 1. The van der Waals surface area contributed by atoms with Crippen molar-refractivity contribution in [2.75, 3.05) is 19.6 Å². The van der Waals surface area contributed by atoms with Crippen molar-refractivity contribution in [2.24, 2.45) is 11.3 Å². The van der Waals surface area contributed by atoms with E-state index in [4.69, 9.17) is 0 Å². The van der Waals surface area contributed by atoms with E-state index in [0.29, 0.717) is 24.7 Å². The van der Waals surface area contributed by atoms with E-state index < -0.39 is 29.8 Å². The van der Waals surface area contributed by atoms with Gasteiger partial charge in [0.15, 0.2) is 5.60 Å². The van der Waals surface area contributed by atoms with Gasteiger partial charge in [-0.05, 0) is 49.6 Å². The molecule has 1 aromatic rings. The predicted octanol–water partition coefficient (Wildman–Crippen LogP) is 3.69. The van der Waals surface area contributed by atoms with Gasteiger partial charge in [0.25, 0.3) is 5.91 Å². The summed E-state index contributed by atoms with van der Waals surface area (Å²) in [4.78, 5) is 15.3. The highest BCUT2D eigenvalue weighted by atomic mass is 19.3. The Kier molecular flexibility index (Phi) is 5.45. The number of hydrogen-bond donors (Lipinski definition) is 2. The van der Waals surface area contributed by atoms with Crippen molar-refractivity contribution in [1.29, 1.82) is 0 Å². The smallest absolute Gasteiger partial charge is 0.259 e. The largest absolute Gasteiger partial charge is 0.375 e. The lowest BCUT2D eigenvalue weighted by atomic mass is 9.71. The molecule has 0 aromatic heterocycles. The first kappa shape index (κ1) is 20.7. The maximum Gasteiger partial charge on any atom is 0.259 e. The molecule has 4 rings (SSSR count). The third-order valence-corrected chi connectivity index (χ3v) is 7.74. The van der Waals surface area contributed by atoms with Crippen LogP contribution in [0.2, 0.25) is 0 Å². The molecule has 3 unspecified atom stereocenters. The number of amides is 1. The van der Waals surface area contributed by atoms with E-state index in [1.807, 2.05) is 0 Å². The molecule has 4 nitrogen and oxygen atoms in total. The van der Waals surface area contributed by atoms with Gasteiger partial charge in [0.2, 0.25) is 5.92 Å². The van der Waals surface area contributed by atoms with Gasteiger partial charge >= 0.3 is 0 Å². The number of carbonyl (C=O) groups excluding carboxylic acids is 1. The highest BCUT2D eigenvalue weighted by Gasteiger charge is 2.55. The van der Waals surface area contributed by atoms with Crippen molar-refractivity contribution in [3.8, 4) is 0 Å². The molecule has 29 heavy (non-hydrogen) atoms. The monoisotopic (exact) mass is 406 g/mol. The Labute approximate surface area is 171 Å². The van der Waals surface area contributed by atoms with Crippen LogP contribution in [0.15, 0.2) is 30.3 Å². The Morgan fingerprint density at radius 1 is 1.21 bits per heavy atom. The van der Waals surface area contributed by atoms with Crippen LogP contribution in [0.5, 0.6) is 0 Å². The minimum absolute atomic E-state index is 0.156. The van der Waals surface area contributed by atoms with Crippen LogP contribution in [0.1, 0.15) is 57.4 Å². The van der Waals surface area contributed by atoms with E-state index in [9.17, 15) is 18.7 Å². The predicted molar refractivity (Wildman–Crippen MR) is 108 cm³/mol. The Morgan fingerprint density at radius 3 is 2.48 bits per heavy atom. The lowest BCUT2D eigenvalue weighted by Crippen LogP contribution is -2.55. The maximum atomic E-state index is 14.0. The van der Waals surface area contributed by atoms with Gasteiger partial charge in [0.1, 0.15) is 0 Å². The number of halogens is 2. The molecule has 0 radical (unpaired) electrons. The number of nitrogens with one attached hydrogen (secondary N) is 1. The molecule has 3 atom stereocenters. The van der Waals surface area contributed by atoms with Crippen molar-refractivity contribution in [3.05, 3.63) is 35.9 Å². The zero-order valence-electron chi connectivity index (χ0n) is 17.2. The second kappa shape index (κ2) is 7.62. The van der Waals surface area contributed by atoms with Crippen LogP contribution in [-0.2, 0) is 10.4 Å². The van der Waals surface area contributed by atoms with Gasteiger partial charge in [0, 0.05) is 37.9 Å². The molecule has 2 N–H and O–H groups in total. The molecule has 1 aromatic carbocycles. The van der Waals surface area contributed by atoms with E-state index >= 15 is 0 Å². The average molecular weight is 407 g/mol. The first-order valence-electron chi connectivity index (χ1n) is 11.0. The summed E-state index contributed by atoms with van der Waals surface area (Å²) in [6, 6.07) is 9.16. The molecule has 6 heteroatoms. The third kappa shape index (κ3) is 3.59. The highest BCUT2D eigenvalue weighted by molar-refractivity contribution is 5.87. The summed E-state index contributed by atoms with van der Waals surface area (Å²) in [5.74, 6) is -3.98. The summed E-state index contributed by atoms with van der Waals surface area (Å²) in [5, 5.41) is 15.2. The highest BCUT2D eigenvalue weighted by Crippen LogP contribution is 2.49. The Bertz CT molecular complexity index is 734. The van der Waals surface area contributed by atoms with Crippen molar-refractivity contribution in [1.82, 2.24) is 10.2 Å². The zero-order chi connectivity index (χ0) is 20.7. The van der Waals surface area contributed by atoms with Gasteiger partial charge in [-0.3, -0.25) is 4.79 Å². The standard InChI is InChI=1S/C23H32F2N2O2/c1-2-19-21(10-13-26-19)11-14-27(15-12-21)20(28)23(29,17-6-4-3-5-7-17)18-8-9-22(24,25)16-18/h3-7,18-19,26,29H,2,8-16H2,1H3. The summed E-state index contributed by atoms with van der Waals surface area (Å²) in [5.41, 5.74) is -1.23. The molecule has 3 fully saturated rings. The van der Waals surface area contributed by atoms with Gasteiger partial charge in [0.05, 0.1) is 0 Å². The van der Waals surface area contributed by atoms with E-state index in [-0.39, 0.29) is 18.3 Å². The van der Waals surface area contributed by atoms with Crippen LogP contribution in [0.25, 0.3) is 0 Å². The molecule has 1 spiro atoms. The number of nitrogens with zero attached hydrogens (tertiary/aromatic N) is 1. The fourth-order valence-electron chi connectivity index (χ4n) is 5.99. The molecule has 1 aliphatic carbocycles. The lowest BCUT2D eigenvalue weighted by molar-refractivity contribution is -0.163. The molecule has 2 heterocycles. The van der Waals surface area contributed by atoms with Gasteiger partial charge in [-0.2, -0.15) is 0 Å². The van der Waals surface area contributed by atoms with Crippen LogP contribution in [0.3, 0.4) is 0 Å². The topological polar surface area (TPSA) is 52.6 Å². The molecule has 2 saturated heterocycles. The summed E-state index contributed by atoms with van der Waals surface area (Å²) in [7, 11) is 0. The fourth-order valence-corrected chi connectivity index (χ4v) is 5.99. The van der Waals surface area contributed by atoms with Crippen LogP contribution in [-0.4, -0.2) is 47.5 Å². The van der Waals surface area contributed by atoms with Crippen molar-refractivity contribution >= 4 is 5.91 Å². The first-order chi connectivity index (χ1) is 13.8. The van der Waals surface area contributed by atoms with Crippen LogP contribution >= 0.6 is 0 Å². The summed E-state index contributed by atoms with van der Waals surface area (Å²) in [6.07, 6.45) is 3.43. The van der Waals surface area contributed by atoms with Gasteiger partial charge in [-0.15, -0.1) is 0 Å². The molecule has 1 saturated carbocycles. The number of piperidine rings is 1. The maximum absolute atomic E-state index is 14.0. The van der Waals surface area contributed by atoms with E-state index in [1.165, 1.54) is 0 Å². The Hall–Kier alpha value is -1.53. The number of hydrogen-bond acceptors (Lipinski definition) is 3. The summed E-state index contributed by atoms with van der Waals surface area (Å²) in [6.45, 7) is 4.36. The number of rotatable bonds is 4. The van der Waals surface area contributed by atoms with E-state index in [2.05, 4.69) is 12.2 Å². The Morgan fingerprint density at radius 2 is 1.90 bits per heavy atom. The second-order valence-electron chi connectivity index (χ2n) is 9.25. The van der Waals surface area contributed by atoms with Crippen LogP contribution in [0, 0.1) is 11.3 Å². The summed E-state index contributed by atoms with van der Waals surface area (Å²) < 4.78 is 28.0. The van der Waals surface area contributed by atoms with Crippen LogP contribution < -0.4 is 5.32 Å². The van der Waals surface area contributed by atoms with Gasteiger partial charge in [-0.1, -0.05) is 37.3 Å².